The summed E-state index contributed by atoms with van der Waals surface area (Å²) in [6.07, 6.45) is 0. The Kier molecular flexibility index (Phi) is 4.97. The van der Waals surface area contributed by atoms with Crippen molar-refractivity contribution in [1.29, 1.82) is 0 Å². The highest BCUT2D eigenvalue weighted by Gasteiger charge is 2.15. The lowest BCUT2D eigenvalue weighted by atomic mass is 9.96. The molecule has 0 bridgehead atoms. The summed E-state index contributed by atoms with van der Waals surface area (Å²) in [6, 6.07) is 43.7. The molecule has 33 heavy (non-hydrogen) atoms. The van der Waals surface area contributed by atoms with Crippen LogP contribution in [0.2, 0.25) is 0 Å². The third-order valence-electron chi connectivity index (χ3n) is 6.14. The van der Waals surface area contributed by atoms with Gasteiger partial charge in [-0.05, 0) is 59.7 Å². The fourth-order valence-electron chi connectivity index (χ4n) is 4.43. The smallest absolute Gasteiger partial charge is 0.139 e. The third-order valence-corrected chi connectivity index (χ3v) is 7.30. The van der Waals surface area contributed by atoms with Crippen LogP contribution in [-0.2, 0) is 0 Å². The van der Waals surface area contributed by atoms with E-state index in [0.29, 0.717) is 0 Å². The maximum atomic E-state index is 2.35. The van der Waals surface area contributed by atoms with Crippen molar-refractivity contribution in [3.8, 4) is 11.1 Å². The molecule has 6 rings (SSSR count). The fraction of sp³-hybridized carbons (Fsp3) is 0. The Balaban J connectivity index is 1.50. The van der Waals surface area contributed by atoms with Crippen molar-refractivity contribution in [2.75, 3.05) is 4.90 Å². The highest BCUT2D eigenvalue weighted by molar-refractivity contribution is 7.25. The van der Waals surface area contributed by atoms with Gasteiger partial charge >= 0.3 is 0 Å². The minimum Gasteiger partial charge on any atom is -0.310 e. The van der Waals surface area contributed by atoms with Crippen molar-refractivity contribution < 1.29 is 0 Å². The summed E-state index contributed by atoms with van der Waals surface area (Å²) in [6.45, 7) is 0. The molecular formula is C30H22BNS. The first-order chi connectivity index (χ1) is 16.3. The molecule has 1 aromatic heterocycles. The molecule has 0 N–H and O–H groups in total. The van der Waals surface area contributed by atoms with Crippen LogP contribution in [0.25, 0.3) is 31.3 Å². The minimum atomic E-state index is 1.15. The van der Waals surface area contributed by atoms with Crippen molar-refractivity contribution in [3.05, 3.63) is 121 Å². The normalized spacial score (nSPS) is 11.2. The molecule has 6 aromatic rings. The summed E-state index contributed by atoms with van der Waals surface area (Å²) in [5.41, 5.74) is 7.20. The van der Waals surface area contributed by atoms with Gasteiger partial charge in [-0.3, -0.25) is 0 Å². The third kappa shape index (κ3) is 3.71. The van der Waals surface area contributed by atoms with Crippen LogP contribution in [0.3, 0.4) is 0 Å². The second kappa shape index (κ2) is 8.27. The Bertz CT molecular complexity index is 1550. The molecule has 0 unspecified atom stereocenters. The van der Waals surface area contributed by atoms with Crippen LogP contribution in [0.1, 0.15) is 0 Å². The zero-order valence-electron chi connectivity index (χ0n) is 18.4. The molecule has 0 aliphatic heterocycles. The van der Waals surface area contributed by atoms with Crippen molar-refractivity contribution >= 4 is 61.9 Å². The van der Waals surface area contributed by atoms with Gasteiger partial charge in [0, 0.05) is 37.2 Å². The number of thiophene rings is 1. The summed E-state index contributed by atoms with van der Waals surface area (Å²) in [7, 11) is 2.13. The van der Waals surface area contributed by atoms with Crippen LogP contribution < -0.4 is 10.4 Å². The van der Waals surface area contributed by atoms with Gasteiger partial charge in [0.25, 0.3) is 0 Å². The van der Waals surface area contributed by atoms with E-state index in [1.54, 1.807) is 0 Å². The number of rotatable bonds is 4. The van der Waals surface area contributed by atoms with Crippen molar-refractivity contribution in [3.63, 3.8) is 0 Å². The van der Waals surface area contributed by atoms with E-state index >= 15 is 0 Å². The first kappa shape index (κ1) is 19.8. The minimum absolute atomic E-state index is 1.15. The molecule has 0 spiro atoms. The van der Waals surface area contributed by atoms with E-state index in [-0.39, 0.29) is 0 Å². The Morgan fingerprint density at radius 2 is 1.06 bits per heavy atom. The average Bonchev–Trinajstić information content (AvgIpc) is 3.24. The van der Waals surface area contributed by atoms with Crippen molar-refractivity contribution in [2.45, 2.75) is 0 Å². The van der Waals surface area contributed by atoms with Gasteiger partial charge < -0.3 is 4.90 Å². The molecule has 0 fully saturated rings. The van der Waals surface area contributed by atoms with E-state index in [2.05, 4.69) is 134 Å². The molecule has 0 atom stereocenters. The lowest BCUT2D eigenvalue weighted by molar-refractivity contribution is 1.29. The van der Waals surface area contributed by atoms with Gasteiger partial charge in [0.1, 0.15) is 7.85 Å². The van der Waals surface area contributed by atoms with E-state index in [0.717, 1.165) is 11.4 Å². The molecule has 0 saturated carbocycles. The Morgan fingerprint density at radius 3 is 1.82 bits per heavy atom. The lowest BCUT2D eigenvalue weighted by Crippen LogP contribution is -2.11. The Labute approximate surface area is 199 Å². The van der Waals surface area contributed by atoms with Gasteiger partial charge in [0.05, 0.1) is 0 Å². The van der Waals surface area contributed by atoms with E-state index in [1.165, 1.54) is 42.4 Å². The molecule has 1 nitrogen and oxygen atoms in total. The van der Waals surface area contributed by atoms with Gasteiger partial charge in [-0.25, -0.2) is 0 Å². The Hall–Kier alpha value is -3.82. The summed E-state index contributed by atoms with van der Waals surface area (Å²) in [5.74, 6) is 0. The summed E-state index contributed by atoms with van der Waals surface area (Å²) in [5, 5.41) is 2.63. The van der Waals surface area contributed by atoms with Gasteiger partial charge in [-0.1, -0.05) is 78.3 Å². The molecule has 156 valence electrons. The molecule has 3 heteroatoms. The van der Waals surface area contributed by atoms with E-state index < -0.39 is 0 Å². The number of fused-ring (bicyclic) bond motifs is 3. The van der Waals surface area contributed by atoms with Gasteiger partial charge in [0.15, 0.2) is 0 Å². The maximum Gasteiger partial charge on any atom is 0.139 e. The largest absolute Gasteiger partial charge is 0.310 e. The van der Waals surface area contributed by atoms with E-state index in [4.69, 9.17) is 0 Å². The van der Waals surface area contributed by atoms with Crippen LogP contribution in [0.4, 0.5) is 17.1 Å². The number of anilines is 3. The predicted octanol–water partition coefficient (Wildman–Crippen LogP) is 7.45. The maximum absolute atomic E-state index is 2.35. The van der Waals surface area contributed by atoms with E-state index in [9.17, 15) is 0 Å². The molecule has 0 saturated heterocycles. The van der Waals surface area contributed by atoms with Crippen molar-refractivity contribution in [1.82, 2.24) is 0 Å². The first-order valence-corrected chi connectivity index (χ1v) is 12.0. The SMILES string of the molecule is Bc1ccc(N(c2ccc(-c3ccccc3)cc2)c2ccc3sc4ccccc4c3c2)cc1. The zero-order valence-corrected chi connectivity index (χ0v) is 19.2. The van der Waals surface area contributed by atoms with Crippen molar-refractivity contribution in [2.24, 2.45) is 0 Å². The molecule has 0 radical (unpaired) electrons. The second-order valence-corrected chi connectivity index (χ2v) is 9.45. The predicted molar refractivity (Wildman–Crippen MR) is 148 cm³/mol. The monoisotopic (exact) mass is 439 g/mol. The molecule has 0 aliphatic rings. The highest BCUT2D eigenvalue weighted by atomic mass is 32.1. The van der Waals surface area contributed by atoms with Gasteiger partial charge in [0.2, 0.25) is 0 Å². The highest BCUT2D eigenvalue weighted by Crippen LogP contribution is 2.40. The number of hydrogen-bond acceptors (Lipinski definition) is 2. The number of hydrogen-bond donors (Lipinski definition) is 0. The summed E-state index contributed by atoms with van der Waals surface area (Å²) < 4.78 is 2.65. The lowest BCUT2D eigenvalue weighted by Gasteiger charge is -2.26. The van der Waals surface area contributed by atoms with Crippen LogP contribution in [0.5, 0.6) is 0 Å². The van der Waals surface area contributed by atoms with Crippen LogP contribution in [0, 0.1) is 0 Å². The number of benzene rings is 5. The zero-order chi connectivity index (χ0) is 22.2. The molecule has 5 aromatic carbocycles. The van der Waals surface area contributed by atoms with Crippen LogP contribution in [0.15, 0.2) is 121 Å². The fourth-order valence-corrected chi connectivity index (χ4v) is 5.51. The molecule has 1 heterocycles. The second-order valence-electron chi connectivity index (χ2n) is 8.36. The standard InChI is InChI=1S/C30H22BNS/c31-23-12-16-25(17-13-23)32(24-14-10-22(11-15-24)21-6-2-1-3-7-21)26-18-19-30-28(20-26)27-8-4-5-9-29(27)33-30/h1-20H,31H2. The van der Waals surface area contributed by atoms with Gasteiger partial charge in [-0.2, -0.15) is 0 Å². The first-order valence-electron chi connectivity index (χ1n) is 11.2. The van der Waals surface area contributed by atoms with Crippen LogP contribution >= 0.6 is 11.3 Å². The van der Waals surface area contributed by atoms with Crippen LogP contribution in [-0.4, -0.2) is 7.85 Å². The molecule has 0 amide bonds. The van der Waals surface area contributed by atoms with Gasteiger partial charge in [-0.15, -0.1) is 11.3 Å². The summed E-state index contributed by atoms with van der Waals surface area (Å²) >= 11 is 1.86. The molecule has 0 aliphatic carbocycles. The summed E-state index contributed by atoms with van der Waals surface area (Å²) in [4.78, 5) is 2.35. The Morgan fingerprint density at radius 1 is 0.485 bits per heavy atom. The quantitative estimate of drug-likeness (QED) is 0.258. The molecular weight excluding hydrogens is 417 g/mol. The van der Waals surface area contributed by atoms with E-state index in [1.807, 2.05) is 11.3 Å². The average molecular weight is 439 g/mol. The number of nitrogens with zero attached hydrogens (tertiary/aromatic N) is 1. The topological polar surface area (TPSA) is 3.24 Å².